The Morgan fingerprint density at radius 1 is 0.359 bits per heavy atom. The summed E-state index contributed by atoms with van der Waals surface area (Å²) in [6.45, 7) is 0. The second-order valence-corrected chi connectivity index (χ2v) is 16.9. The first kappa shape index (κ1) is 33.9. The SMILES string of the molecule is c1ccc(-n2c3ccccc3c3c(-c4nc5oc6ccccc6c5nc4-n4c5ccccc5c5cc6c(cc54)c4cccc5c4n6-c4ccccc4-c4ccccc4-5)cccc32)cc1. The molecule has 0 amide bonds. The van der Waals surface area contributed by atoms with Crippen LogP contribution in [0.3, 0.4) is 0 Å². The molecule has 1 aliphatic rings. The molecule has 296 valence electrons. The van der Waals surface area contributed by atoms with E-state index in [4.69, 9.17) is 14.4 Å². The summed E-state index contributed by atoms with van der Waals surface area (Å²) < 4.78 is 13.8. The van der Waals surface area contributed by atoms with Gasteiger partial charge in [0.05, 0.1) is 38.8 Å². The monoisotopic (exact) mass is 815 g/mol. The normalized spacial score (nSPS) is 12.4. The number of aromatic nitrogens is 5. The Morgan fingerprint density at radius 2 is 0.938 bits per heavy atom. The summed E-state index contributed by atoms with van der Waals surface area (Å²) in [5.74, 6) is 0.749. The molecule has 0 unspecified atom stereocenters. The minimum Gasteiger partial charge on any atom is -0.436 e. The van der Waals surface area contributed by atoms with E-state index in [1.54, 1.807) is 0 Å². The maximum Gasteiger partial charge on any atom is 0.247 e. The van der Waals surface area contributed by atoms with Crippen molar-refractivity contribution in [3.05, 3.63) is 200 Å². The van der Waals surface area contributed by atoms with Gasteiger partial charge in [-0.15, -0.1) is 0 Å². The molecule has 0 N–H and O–H groups in total. The number of benzene rings is 9. The second-order valence-electron chi connectivity index (χ2n) is 16.9. The Hall–Kier alpha value is -8.74. The molecule has 6 heterocycles. The van der Waals surface area contributed by atoms with Gasteiger partial charge in [-0.1, -0.05) is 140 Å². The zero-order valence-corrected chi connectivity index (χ0v) is 34.2. The molecule has 5 aromatic heterocycles. The van der Waals surface area contributed by atoms with Crippen LogP contribution in [0.4, 0.5) is 0 Å². The lowest BCUT2D eigenvalue weighted by molar-refractivity contribution is 0.653. The van der Waals surface area contributed by atoms with Gasteiger partial charge in [-0.3, -0.25) is 4.57 Å². The molecule has 0 radical (unpaired) electrons. The van der Waals surface area contributed by atoms with E-state index in [1.165, 1.54) is 49.7 Å². The summed E-state index contributed by atoms with van der Waals surface area (Å²) in [4.78, 5) is 11.2. The highest BCUT2D eigenvalue weighted by atomic mass is 16.3. The van der Waals surface area contributed by atoms with Gasteiger partial charge in [-0.2, -0.15) is 0 Å². The number of nitrogens with zero attached hydrogens (tertiary/aromatic N) is 5. The molecule has 1 aliphatic heterocycles. The van der Waals surface area contributed by atoms with Crippen molar-refractivity contribution in [3.63, 3.8) is 0 Å². The summed E-state index contributed by atoms with van der Waals surface area (Å²) >= 11 is 0. The Labute approximate surface area is 365 Å². The van der Waals surface area contributed by atoms with Crippen molar-refractivity contribution in [2.24, 2.45) is 0 Å². The third-order valence-electron chi connectivity index (χ3n) is 13.6. The number of hydrogen-bond donors (Lipinski definition) is 0. The number of fused-ring (bicyclic) bond motifs is 17. The predicted octanol–water partition coefficient (Wildman–Crippen LogP) is 15.0. The van der Waals surface area contributed by atoms with Crippen molar-refractivity contribution < 1.29 is 4.42 Å². The van der Waals surface area contributed by atoms with Crippen LogP contribution < -0.4 is 0 Å². The van der Waals surface area contributed by atoms with Crippen LogP contribution in [0.15, 0.2) is 205 Å². The average molecular weight is 816 g/mol. The van der Waals surface area contributed by atoms with E-state index in [0.29, 0.717) is 5.71 Å². The molecule has 0 saturated heterocycles. The summed E-state index contributed by atoms with van der Waals surface area (Å²) in [7, 11) is 0. The lowest BCUT2D eigenvalue weighted by Crippen LogP contribution is -2.03. The molecule has 0 bridgehead atoms. The molecule has 9 aromatic carbocycles. The first-order valence-electron chi connectivity index (χ1n) is 21.8. The first-order chi connectivity index (χ1) is 31.8. The summed E-state index contributed by atoms with van der Waals surface area (Å²) in [5, 5.41) is 7.87. The van der Waals surface area contributed by atoms with Crippen LogP contribution in [-0.4, -0.2) is 23.7 Å². The largest absolute Gasteiger partial charge is 0.436 e. The van der Waals surface area contributed by atoms with Crippen molar-refractivity contribution in [2.75, 3.05) is 0 Å². The topological polar surface area (TPSA) is 53.7 Å². The molecular weight excluding hydrogens is 783 g/mol. The van der Waals surface area contributed by atoms with Crippen LogP contribution in [-0.2, 0) is 0 Å². The Balaban J connectivity index is 1.10. The van der Waals surface area contributed by atoms with Crippen molar-refractivity contribution >= 4 is 87.6 Å². The van der Waals surface area contributed by atoms with Crippen LogP contribution in [0.5, 0.6) is 0 Å². The highest BCUT2D eigenvalue weighted by Crippen LogP contribution is 2.49. The minimum absolute atomic E-state index is 0.510. The van der Waals surface area contributed by atoms with Crippen LogP contribution in [0.25, 0.3) is 138 Å². The zero-order chi connectivity index (χ0) is 41.6. The molecule has 6 heteroatoms. The van der Waals surface area contributed by atoms with Gasteiger partial charge in [0, 0.05) is 60.1 Å². The Morgan fingerprint density at radius 3 is 1.78 bits per heavy atom. The number of furan rings is 1. The van der Waals surface area contributed by atoms with E-state index in [1.807, 2.05) is 18.2 Å². The van der Waals surface area contributed by atoms with Gasteiger partial charge >= 0.3 is 0 Å². The fourth-order valence-corrected chi connectivity index (χ4v) is 11.0. The average Bonchev–Trinajstić information content (AvgIpc) is 4.07. The van der Waals surface area contributed by atoms with E-state index in [0.717, 1.165) is 82.9 Å². The zero-order valence-electron chi connectivity index (χ0n) is 34.2. The highest BCUT2D eigenvalue weighted by molar-refractivity contribution is 6.23. The van der Waals surface area contributed by atoms with Gasteiger partial charge in [0.15, 0.2) is 5.82 Å². The van der Waals surface area contributed by atoms with Crippen LogP contribution in [0, 0.1) is 0 Å². The molecule has 64 heavy (non-hydrogen) atoms. The quantitative estimate of drug-likeness (QED) is 0.178. The fourth-order valence-electron chi connectivity index (χ4n) is 11.0. The Bertz CT molecular complexity index is 4320. The van der Waals surface area contributed by atoms with E-state index < -0.39 is 0 Å². The standard InChI is InChI=1S/C58H33N5O/c1-2-16-34(17-3-1)61-48-29-12-8-22-41(48)53-43(26-15-30-49(53)61)54-57(59-55-42-23-9-13-31-52(42)64-58(55)60-54)63-47-28-11-7-21-38(47)44-32-50-45(33-51(44)63)40-25-14-24-39-36-19-5-4-18-35(36)37-20-6-10-27-46(37)62(50)56(39)40/h1-33H. The first-order valence-corrected chi connectivity index (χ1v) is 21.8. The van der Waals surface area contributed by atoms with Gasteiger partial charge < -0.3 is 13.6 Å². The third kappa shape index (κ3) is 4.38. The number of para-hydroxylation sites is 6. The van der Waals surface area contributed by atoms with Gasteiger partial charge in [0.1, 0.15) is 16.8 Å². The van der Waals surface area contributed by atoms with Crippen LogP contribution in [0.1, 0.15) is 0 Å². The van der Waals surface area contributed by atoms with Crippen molar-refractivity contribution in [3.8, 4) is 50.7 Å². The lowest BCUT2D eigenvalue weighted by Gasteiger charge is -2.14. The van der Waals surface area contributed by atoms with Gasteiger partial charge in [-0.05, 0) is 71.8 Å². The molecule has 0 aliphatic carbocycles. The summed E-state index contributed by atoms with van der Waals surface area (Å²) in [5.41, 5.74) is 17.7. The molecule has 0 spiro atoms. The third-order valence-corrected chi connectivity index (χ3v) is 13.6. The second kappa shape index (κ2) is 12.4. The van der Waals surface area contributed by atoms with Crippen molar-refractivity contribution in [1.29, 1.82) is 0 Å². The van der Waals surface area contributed by atoms with E-state index in [-0.39, 0.29) is 0 Å². The lowest BCUT2D eigenvalue weighted by atomic mass is 9.94. The van der Waals surface area contributed by atoms with Gasteiger partial charge in [-0.25, -0.2) is 9.97 Å². The number of hydrogen-bond acceptors (Lipinski definition) is 3. The summed E-state index contributed by atoms with van der Waals surface area (Å²) in [6, 6.07) is 71.9. The molecular formula is C58H33N5O. The molecule has 6 nitrogen and oxygen atoms in total. The Kier molecular flexibility index (Phi) is 6.59. The highest BCUT2D eigenvalue weighted by Gasteiger charge is 2.28. The van der Waals surface area contributed by atoms with Crippen LogP contribution >= 0.6 is 0 Å². The number of rotatable bonds is 3. The maximum absolute atomic E-state index is 6.55. The minimum atomic E-state index is 0.510. The maximum atomic E-state index is 6.55. The smallest absolute Gasteiger partial charge is 0.247 e. The van der Waals surface area contributed by atoms with Crippen molar-refractivity contribution in [1.82, 2.24) is 23.7 Å². The van der Waals surface area contributed by atoms with Crippen molar-refractivity contribution in [2.45, 2.75) is 0 Å². The summed E-state index contributed by atoms with van der Waals surface area (Å²) in [6.07, 6.45) is 0. The molecule has 15 rings (SSSR count). The van der Waals surface area contributed by atoms with Gasteiger partial charge in [0.2, 0.25) is 5.71 Å². The molecule has 0 fully saturated rings. The van der Waals surface area contributed by atoms with E-state index in [2.05, 4.69) is 196 Å². The van der Waals surface area contributed by atoms with E-state index in [9.17, 15) is 0 Å². The van der Waals surface area contributed by atoms with E-state index >= 15 is 0 Å². The molecule has 0 saturated carbocycles. The van der Waals surface area contributed by atoms with Crippen LogP contribution in [0.2, 0.25) is 0 Å². The molecule has 14 aromatic rings. The fraction of sp³-hybridized carbons (Fsp3) is 0. The van der Waals surface area contributed by atoms with Gasteiger partial charge in [0.25, 0.3) is 0 Å². The predicted molar refractivity (Wildman–Crippen MR) is 262 cm³/mol. The molecule has 0 atom stereocenters.